The summed E-state index contributed by atoms with van der Waals surface area (Å²) in [5, 5.41) is 11.2. The topological polar surface area (TPSA) is 67.6 Å². The van der Waals surface area contributed by atoms with E-state index < -0.39 is 0 Å². The van der Waals surface area contributed by atoms with Crippen LogP contribution in [-0.2, 0) is 17.8 Å². The van der Waals surface area contributed by atoms with Gasteiger partial charge in [0.2, 0.25) is 5.91 Å². The molecule has 6 nitrogen and oxygen atoms in total. The first-order valence-corrected chi connectivity index (χ1v) is 10.7. The maximum Gasteiger partial charge on any atom is 0.224 e. The summed E-state index contributed by atoms with van der Waals surface area (Å²) in [5.41, 5.74) is 4.01. The highest BCUT2D eigenvalue weighted by Crippen LogP contribution is 2.31. The molecule has 0 bridgehead atoms. The number of nitrogens with one attached hydrogen (secondary N) is 1. The van der Waals surface area contributed by atoms with E-state index in [-0.39, 0.29) is 12.0 Å². The lowest BCUT2D eigenvalue weighted by molar-refractivity contribution is -0.120. The van der Waals surface area contributed by atoms with Crippen LogP contribution in [-0.4, -0.2) is 35.6 Å². The Hall–Kier alpha value is -2.64. The molecule has 1 aliphatic rings. The Labute approximate surface area is 174 Å². The molecule has 1 atom stereocenters. The van der Waals surface area contributed by atoms with Crippen LogP contribution in [0.5, 0.6) is 5.75 Å². The largest absolute Gasteiger partial charge is 0.484 e. The van der Waals surface area contributed by atoms with E-state index in [1.165, 1.54) is 11.1 Å². The van der Waals surface area contributed by atoms with Gasteiger partial charge in [-0.05, 0) is 36.7 Å². The molecule has 0 saturated carbocycles. The number of aromatic nitrogens is 1. The van der Waals surface area contributed by atoms with Gasteiger partial charge in [-0.3, -0.25) is 9.69 Å². The molecular weight excluding hydrogens is 386 g/mol. The Balaban J connectivity index is 1.38. The van der Waals surface area contributed by atoms with Crippen LogP contribution in [0.4, 0.5) is 0 Å². The molecule has 1 N–H and O–H groups in total. The van der Waals surface area contributed by atoms with Gasteiger partial charge in [0.1, 0.15) is 17.6 Å². The van der Waals surface area contributed by atoms with Crippen molar-refractivity contribution in [2.45, 2.75) is 32.9 Å². The number of hydrogen-bond donors (Lipinski definition) is 1. The molecule has 0 radical (unpaired) electrons. The lowest BCUT2D eigenvalue weighted by Crippen LogP contribution is -2.37. The van der Waals surface area contributed by atoms with E-state index in [4.69, 9.17) is 9.26 Å². The summed E-state index contributed by atoms with van der Waals surface area (Å²) < 4.78 is 11.5. The second kappa shape index (κ2) is 8.80. The summed E-state index contributed by atoms with van der Waals surface area (Å²) in [6.45, 7) is 6.62. The van der Waals surface area contributed by atoms with Crippen LogP contribution in [0.25, 0.3) is 0 Å². The van der Waals surface area contributed by atoms with E-state index >= 15 is 0 Å². The van der Waals surface area contributed by atoms with Gasteiger partial charge in [-0.1, -0.05) is 23.4 Å². The zero-order chi connectivity index (χ0) is 20.2. The van der Waals surface area contributed by atoms with E-state index in [9.17, 15) is 4.79 Å². The molecule has 1 aliphatic heterocycles. The maximum absolute atomic E-state index is 12.4. The standard InChI is InChI=1S/C22H25N3O3S/c1-15-19(16(2)28-24-15)11-22(26)23-8-9-25-12-17-5-3-4-6-20(17)27-21(13-25)18-7-10-29-14-18/h3-7,10,14,21H,8-9,11-13H2,1-2H3,(H,23,26). The second-order valence-electron chi connectivity index (χ2n) is 7.34. The fraction of sp³-hybridized carbons (Fsp3) is 0.364. The number of hydrogen-bond acceptors (Lipinski definition) is 6. The minimum absolute atomic E-state index is 0.0112. The van der Waals surface area contributed by atoms with Crippen LogP contribution >= 0.6 is 11.3 Å². The van der Waals surface area contributed by atoms with Gasteiger partial charge in [0.05, 0.1) is 12.1 Å². The van der Waals surface area contributed by atoms with E-state index in [1.54, 1.807) is 11.3 Å². The highest BCUT2D eigenvalue weighted by atomic mass is 32.1. The van der Waals surface area contributed by atoms with Gasteiger partial charge < -0.3 is 14.6 Å². The number of fused-ring (bicyclic) bond motifs is 1. The Morgan fingerprint density at radius 2 is 2.17 bits per heavy atom. The van der Waals surface area contributed by atoms with Gasteiger partial charge in [0.15, 0.2) is 0 Å². The van der Waals surface area contributed by atoms with Gasteiger partial charge >= 0.3 is 0 Å². The second-order valence-corrected chi connectivity index (χ2v) is 8.12. The zero-order valence-electron chi connectivity index (χ0n) is 16.7. The van der Waals surface area contributed by atoms with E-state index in [0.29, 0.717) is 18.7 Å². The third-order valence-electron chi connectivity index (χ3n) is 5.24. The van der Waals surface area contributed by atoms with Crippen LogP contribution < -0.4 is 10.1 Å². The molecule has 1 amide bonds. The van der Waals surface area contributed by atoms with Crippen LogP contribution in [0.15, 0.2) is 45.6 Å². The number of rotatable bonds is 6. The molecule has 0 saturated heterocycles. The highest BCUT2D eigenvalue weighted by Gasteiger charge is 2.24. The molecule has 1 unspecified atom stereocenters. The van der Waals surface area contributed by atoms with E-state index in [0.717, 1.165) is 36.6 Å². The number of nitrogens with zero attached hydrogens (tertiary/aromatic N) is 2. The smallest absolute Gasteiger partial charge is 0.224 e. The fourth-order valence-corrected chi connectivity index (χ4v) is 4.31. The van der Waals surface area contributed by atoms with Crippen LogP contribution in [0.1, 0.15) is 34.2 Å². The molecule has 0 fully saturated rings. The van der Waals surface area contributed by atoms with Crippen molar-refractivity contribution in [2.24, 2.45) is 0 Å². The predicted molar refractivity (Wildman–Crippen MR) is 112 cm³/mol. The fourth-order valence-electron chi connectivity index (χ4n) is 3.61. The number of thiophene rings is 1. The first kappa shape index (κ1) is 19.7. The third kappa shape index (κ3) is 4.68. The number of carbonyl (C=O) groups excluding carboxylic acids is 1. The van der Waals surface area contributed by atoms with Gasteiger partial charge in [0.25, 0.3) is 0 Å². The summed E-state index contributed by atoms with van der Waals surface area (Å²) >= 11 is 1.68. The van der Waals surface area contributed by atoms with Gasteiger partial charge in [-0.15, -0.1) is 0 Å². The average Bonchev–Trinajstić information content (AvgIpc) is 3.30. The first-order chi connectivity index (χ1) is 14.1. The molecule has 0 aliphatic carbocycles. The zero-order valence-corrected chi connectivity index (χ0v) is 17.5. The number of amides is 1. The molecule has 29 heavy (non-hydrogen) atoms. The molecule has 0 spiro atoms. The van der Waals surface area contributed by atoms with Crippen molar-refractivity contribution in [1.82, 2.24) is 15.4 Å². The summed E-state index contributed by atoms with van der Waals surface area (Å²) in [6.07, 6.45) is 0.285. The summed E-state index contributed by atoms with van der Waals surface area (Å²) in [7, 11) is 0. The van der Waals surface area contributed by atoms with Crippen molar-refractivity contribution in [3.8, 4) is 5.75 Å². The molecule has 152 valence electrons. The quantitative estimate of drug-likeness (QED) is 0.671. The number of ether oxygens (including phenoxy) is 1. The molecule has 4 rings (SSSR count). The third-order valence-corrected chi connectivity index (χ3v) is 5.94. The molecule has 3 heterocycles. The van der Waals surface area contributed by atoms with Gasteiger partial charge in [0, 0.05) is 42.9 Å². The lowest BCUT2D eigenvalue weighted by Gasteiger charge is -2.23. The van der Waals surface area contributed by atoms with Crippen molar-refractivity contribution >= 4 is 17.2 Å². The Bertz CT molecular complexity index is 948. The van der Waals surface area contributed by atoms with Crippen molar-refractivity contribution < 1.29 is 14.1 Å². The number of aryl methyl sites for hydroxylation is 2. The van der Waals surface area contributed by atoms with Crippen LogP contribution in [0, 0.1) is 13.8 Å². The SMILES string of the molecule is Cc1noc(C)c1CC(=O)NCCN1Cc2ccccc2OC(c2ccsc2)C1. The number of carbonyl (C=O) groups is 1. The first-order valence-electron chi connectivity index (χ1n) is 9.77. The molecular formula is C22H25N3O3S. The van der Waals surface area contributed by atoms with E-state index in [2.05, 4.69) is 38.3 Å². The average molecular weight is 412 g/mol. The maximum atomic E-state index is 12.4. The van der Waals surface area contributed by atoms with Crippen LogP contribution in [0.3, 0.4) is 0 Å². The molecule has 2 aromatic heterocycles. The summed E-state index contributed by atoms with van der Waals surface area (Å²) in [5.74, 6) is 1.63. The minimum Gasteiger partial charge on any atom is -0.484 e. The summed E-state index contributed by atoms with van der Waals surface area (Å²) in [4.78, 5) is 14.7. The monoisotopic (exact) mass is 411 g/mol. The number of para-hydroxylation sites is 1. The summed E-state index contributed by atoms with van der Waals surface area (Å²) in [6, 6.07) is 10.3. The normalized spacial score (nSPS) is 16.7. The number of benzene rings is 1. The molecule has 1 aromatic carbocycles. The van der Waals surface area contributed by atoms with Crippen LogP contribution in [0.2, 0.25) is 0 Å². The molecule has 3 aromatic rings. The highest BCUT2D eigenvalue weighted by molar-refractivity contribution is 7.07. The Kier molecular flexibility index (Phi) is 5.97. The van der Waals surface area contributed by atoms with Crippen molar-refractivity contribution in [2.75, 3.05) is 19.6 Å². The molecule has 7 heteroatoms. The predicted octanol–water partition coefficient (Wildman–Crippen LogP) is 3.65. The van der Waals surface area contributed by atoms with Crippen molar-refractivity contribution in [3.05, 3.63) is 69.2 Å². The Morgan fingerprint density at radius 1 is 1.31 bits per heavy atom. The van der Waals surface area contributed by atoms with Crippen molar-refractivity contribution in [1.29, 1.82) is 0 Å². The van der Waals surface area contributed by atoms with E-state index in [1.807, 2.05) is 32.0 Å². The van der Waals surface area contributed by atoms with Gasteiger partial charge in [-0.2, -0.15) is 11.3 Å². The minimum atomic E-state index is -0.0137. The van der Waals surface area contributed by atoms with Gasteiger partial charge in [-0.25, -0.2) is 0 Å². The van der Waals surface area contributed by atoms with Crippen molar-refractivity contribution in [3.63, 3.8) is 0 Å². The Morgan fingerprint density at radius 3 is 2.93 bits per heavy atom. The lowest BCUT2D eigenvalue weighted by atomic mass is 10.1.